The number of benzene rings is 2. The monoisotopic (exact) mass is 461 g/mol. The summed E-state index contributed by atoms with van der Waals surface area (Å²) in [5.74, 6) is 1.52. The summed E-state index contributed by atoms with van der Waals surface area (Å²) in [6, 6.07) is 16.4. The van der Waals surface area contributed by atoms with Crippen molar-refractivity contribution >= 4 is 29.3 Å². The van der Waals surface area contributed by atoms with Crippen LogP contribution in [0.2, 0.25) is 0 Å². The third-order valence-electron chi connectivity index (χ3n) is 5.61. The van der Waals surface area contributed by atoms with Crippen molar-refractivity contribution in [3.63, 3.8) is 0 Å². The number of amides is 2. The van der Waals surface area contributed by atoms with Gasteiger partial charge in [-0.15, -0.1) is 0 Å². The first-order valence-corrected chi connectivity index (χ1v) is 11.0. The van der Waals surface area contributed by atoms with Gasteiger partial charge in [-0.05, 0) is 54.6 Å². The molecule has 0 spiro atoms. The van der Waals surface area contributed by atoms with Gasteiger partial charge in [-0.2, -0.15) is 0 Å². The van der Waals surface area contributed by atoms with Crippen LogP contribution in [0.15, 0.2) is 71.4 Å². The van der Waals surface area contributed by atoms with E-state index in [0.29, 0.717) is 54.7 Å². The van der Waals surface area contributed by atoms with Crippen LogP contribution in [0.1, 0.15) is 16.1 Å². The number of furan rings is 1. The Labute approximate surface area is 198 Å². The average Bonchev–Trinajstić information content (AvgIpc) is 3.41. The fraction of sp³-hybridized carbons (Fsp3) is 0.231. The van der Waals surface area contributed by atoms with Gasteiger partial charge >= 0.3 is 0 Å². The molecule has 1 saturated heterocycles. The van der Waals surface area contributed by atoms with Crippen molar-refractivity contribution in [2.75, 3.05) is 50.6 Å². The molecule has 0 unspecified atom stereocenters. The first kappa shape index (κ1) is 23.0. The summed E-state index contributed by atoms with van der Waals surface area (Å²) in [6.07, 6.45) is 4.61. The maximum absolute atomic E-state index is 13.0. The summed E-state index contributed by atoms with van der Waals surface area (Å²) in [5, 5.41) is 2.83. The minimum Gasteiger partial charge on any atom is -0.497 e. The maximum Gasteiger partial charge on any atom is 0.254 e. The third kappa shape index (κ3) is 5.58. The van der Waals surface area contributed by atoms with Gasteiger partial charge in [0.2, 0.25) is 5.91 Å². The molecule has 1 fully saturated rings. The zero-order chi connectivity index (χ0) is 23.9. The van der Waals surface area contributed by atoms with Gasteiger partial charge < -0.3 is 29.0 Å². The van der Waals surface area contributed by atoms with Crippen molar-refractivity contribution in [1.29, 1.82) is 0 Å². The predicted molar refractivity (Wildman–Crippen MR) is 130 cm³/mol. The SMILES string of the molecule is COc1cc(OC)cc(C(=O)N2CCN(c3ccc(NC(=O)/C=C/c4ccco4)cc3)CC2)c1. The number of anilines is 2. The summed E-state index contributed by atoms with van der Waals surface area (Å²) in [4.78, 5) is 29.1. The molecule has 4 rings (SSSR count). The molecule has 0 radical (unpaired) electrons. The molecular weight excluding hydrogens is 434 g/mol. The number of rotatable bonds is 7. The van der Waals surface area contributed by atoms with Crippen molar-refractivity contribution in [2.24, 2.45) is 0 Å². The number of hydrogen-bond acceptors (Lipinski definition) is 6. The first-order chi connectivity index (χ1) is 16.6. The zero-order valence-electron chi connectivity index (χ0n) is 19.2. The van der Waals surface area contributed by atoms with Gasteiger partial charge in [0.25, 0.3) is 5.91 Å². The van der Waals surface area contributed by atoms with Crippen LogP contribution in [0, 0.1) is 0 Å². The fourth-order valence-electron chi connectivity index (χ4n) is 3.76. The molecule has 1 aliphatic rings. The molecule has 8 heteroatoms. The number of methoxy groups -OCH3 is 2. The quantitative estimate of drug-likeness (QED) is 0.537. The Morgan fingerprint density at radius 1 is 0.941 bits per heavy atom. The molecule has 0 atom stereocenters. The molecule has 2 amide bonds. The molecule has 176 valence electrons. The minimum absolute atomic E-state index is 0.0440. The number of ether oxygens (including phenoxy) is 2. The molecule has 8 nitrogen and oxygen atoms in total. The largest absolute Gasteiger partial charge is 0.497 e. The van der Waals surface area contributed by atoms with Crippen LogP contribution in [0.3, 0.4) is 0 Å². The van der Waals surface area contributed by atoms with Crippen LogP contribution in [0.4, 0.5) is 11.4 Å². The lowest BCUT2D eigenvalue weighted by molar-refractivity contribution is -0.111. The summed E-state index contributed by atoms with van der Waals surface area (Å²) in [5.41, 5.74) is 2.30. The van der Waals surface area contributed by atoms with Gasteiger partial charge in [-0.1, -0.05) is 0 Å². The third-order valence-corrected chi connectivity index (χ3v) is 5.61. The molecular formula is C26H27N3O5. The van der Waals surface area contributed by atoms with Crippen LogP contribution < -0.4 is 19.7 Å². The Balaban J connectivity index is 1.32. The van der Waals surface area contributed by atoms with Crippen LogP contribution in [0.5, 0.6) is 11.5 Å². The van der Waals surface area contributed by atoms with Gasteiger partial charge in [-0.25, -0.2) is 0 Å². The van der Waals surface area contributed by atoms with Gasteiger partial charge in [0.15, 0.2) is 0 Å². The normalized spacial score (nSPS) is 13.7. The molecule has 2 heterocycles. The van der Waals surface area contributed by atoms with Crippen molar-refractivity contribution in [3.8, 4) is 11.5 Å². The highest BCUT2D eigenvalue weighted by Crippen LogP contribution is 2.25. The fourth-order valence-corrected chi connectivity index (χ4v) is 3.76. The number of nitrogens with zero attached hydrogens (tertiary/aromatic N) is 2. The van der Waals surface area contributed by atoms with E-state index in [9.17, 15) is 9.59 Å². The lowest BCUT2D eigenvalue weighted by Crippen LogP contribution is -2.48. The highest BCUT2D eigenvalue weighted by atomic mass is 16.5. The predicted octanol–water partition coefficient (Wildman–Crippen LogP) is 3.91. The van der Waals surface area contributed by atoms with E-state index in [4.69, 9.17) is 13.9 Å². The molecule has 0 bridgehead atoms. The van der Waals surface area contributed by atoms with Crippen molar-refractivity contribution in [3.05, 3.63) is 78.3 Å². The van der Waals surface area contributed by atoms with Crippen LogP contribution in [-0.4, -0.2) is 57.1 Å². The Hall–Kier alpha value is -4.20. The van der Waals surface area contributed by atoms with Gasteiger partial charge in [0.1, 0.15) is 17.3 Å². The second-order valence-electron chi connectivity index (χ2n) is 7.77. The lowest BCUT2D eigenvalue weighted by atomic mass is 10.1. The van der Waals surface area contributed by atoms with E-state index < -0.39 is 0 Å². The number of piperazine rings is 1. The smallest absolute Gasteiger partial charge is 0.254 e. The molecule has 3 aromatic rings. The zero-order valence-corrected chi connectivity index (χ0v) is 19.2. The summed E-state index contributed by atoms with van der Waals surface area (Å²) >= 11 is 0. The van der Waals surface area contributed by atoms with E-state index >= 15 is 0 Å². The summed E-state index contributed by atoms with van der Waals surface area (Å²) in [7, 11) is 3.13. The topological polar surface area (TPSA) is 84.3 Å². The van der Waals surface area contributed by atoms with E-state index in [1.54, 1.807) is 56.9 Å². The highest BCUT2D eigenvalue weighted by Gasteiger charge is 2.23. The average molecular weight is 462 g/mol. The molecule has 1 N–H and O–H groups in total. The van der Waals surface area contributed by atoms with Gasteiger partial charge in [0.05, 0.1) is 20.5 Å². The summed E-state index contributed by atoms with van der Waals surface area (Å²) < 4.78 is 15.7. The van der Waals surface area contributed by atoms with E-state index in [1.165, 1.54) is 6.08 Å². The molecule has 1 aliphatic heterocycles. The summed E-state index contributed by atoms with van der Waals surface area (Å²) in [6.45, 7) is 2.64. The second-order valence-corrected chi connectivity index (χ2v) is 7.77. The molecule has 0 aliphatic carbocycles. The molecule has 34 heavy (non-hydrogen) atoms. The van der Waals surface area contributed by atoms with E-state index in [2.05, 4.69) is 10.2 Å². The Morgan fingerprint density at radius 3 is 2.21 bits per heavy atom. The minimum atomic E-state index is -0.231. The van der Waals surface area contributed by atoms with Crippen molar-refractivity contribution in [2.45, 2.75) is 0 Å². The maximum atomic E-state index is 13.0. The standard InChI is InChI=1S/C26H27N3O5/c1-32-23-16-19(17-24(18-23)33-2)26(31)29-13-11-28(12-14-29)21-7-5-20(6-8-21)27-25(30)10-9-22-4-3-15-34-22/h3-10,15-18H,11-14H2,1-2H3,(H,27,30)/b10-9+. The van der Waals surface area contributed by atoms with Crippen LogP contribution in [0.25, 0.3) is 6.08 Å². The number of carbonyl (C=O) groups is 2. The van der Waals surface area contributed by atoms with Gasteiger partial charge in [0, 0.05) is 55.3 Å². The van der Waals surface area contributed by atoms with Crippen molar-refractivity contribution < 1.29 is 23.5 Å². The number of carbonyl (C=O) groups excluding carboxylic acids is 2. The van der Waals surface area contributed by atoms with Crippen molar-refractivity contribution in [1.82, 2.24) is 4.90 Å². The Bertz CT molecular complexity index is 1130. The van der Waals surface area contributed by atoms with E-state index in [0.717, 1.165) is 5.69 Å². The van der Waals surface area contributed by atoms with Gasteiger partial charge in [-0.3, -0.25) is 9.59 Å². The molecule has 0 saturated carbocycles. The van der Waals surface area contributed by atoms with E-state index in [1.807, 2.05) is 29.2 Å². The lowest BCUT2D eigenvalue weighted by Gasteiger charge is -2.36. The molecule has 1 aromatic heterocycles. The first-order valence-electron chi connectivity index (χ1n) is 11.0. The van der Waals surface area contributed by atoms with Crippen LogP contribution >= 0.6 is 0 Å². The number of hydrogen-bond donors (Lipinski definition) is 1. The van der Waals surface area contributed by atoms with Crippen LogP contribution in [-0.2, 0) is 4.79 Å². The molecule has 2 aromatic carbocycles. The Kier molecular flexibility index (Phi) is 7.17. The second kappa shape index (κ2) is 10.6. The van der Waals surface area contributed by atoms with E-state index in [-0.39, 0.29) is 11.8 Å². The number of nitrogens with one attached hydrogen (secondary N) is 1. The Morgan fingerprint density at radius 2 is 1.62 bits per heavy atom. The highest BCUT2D eigenvalue weighted by molar-refractivity contribution is 6.01.